The third-order valence-corrected chi connectivity index (χ3v) is 10.00. The molecule has 10 heteroatoms. The summed E-state index contributed by atoms with van der Waals surface area (Å²) in [4.78, 5) is 37.4. The molecule has 0 spiro atoms. The van der Waals surface area contributed by atoms with Crippen molar-refractivity contribution >= 4 is 19.8 Å². The van der Waals surface area contributed by atoms with Crippen LogP contribution >= 0.6 is 7.82 Å². The van der Waals surface area contributed by atoms with Crippen LogP contribution in [0.15, 0.2) is 60.8 Å². The van der Waals surface area contributed by atoms with Gasteiger partial charge < -0.3 is 27.9 Å². The molecule has 0 rings (SSSR count). The van der Waals surface area contributed by atoms with Crippen molar-refractivity contribution in [3.8, 4) is 0 Å². The Labute approximate surface area is 343 Å². The van der Waals surface area contributed by atoms with Gasteiger partial charge in [0, 0.05) is 12.8 Å². The number of hydrogen-bond donors (Lipinski definition) is 0. The number of phosphoric acid groups is 1. The molecule has 2 unspecified atom stereocenters. The quantitative estimate of drug-likeness (QED) is 0.0198. The second-order valence-electron chi connectivity index (χ2n) is 15.7. The minimum absolute atomic E-state index is 0.0458. The molecule has 0 saturated carbocycles. The Morgan fingerprint density at radius 3 is 1.59 bits per heavy atom. The van der Waals surface area contributed by atoms with Crippen LogP contribution in [0, 0.1) is 0 Å². The largest absolute Gasteiger partial charge is 0.756 e. The van der Waals surface area contributed by atoms with Crippen molar-refractivity contribution in [3.63, 3.8) is 0 Å². The Kier molecular flexibility index (Phi) is 36.7. The predicted octanol–water partition coefficient (Wildman–Crippen LogP) is 11.8. The van der Waals surface area contributed by atoms with Gasteiger partial charge >= 0.3 is 11.9 Å². The molecule has 0 aromatic carbocycles. The molecule has 0 fully saturated rings. The highest BCUT2D eigenvalue weighted by Crippen LogP contribution is 2.38. The molecule has 0 saturated heterocycles. The molecule has 0 N–H and O–H groups in total. The molecule has 0 aromatic rings. The number of ether oxygens (including phenoxy) is 2. The summed E-state index contributed by atoms with van der Waals surface area (Å²) in [6, 6.07) is 0. The highest BCUT2D eigenvalue weighted by Gasteiger charge is 2.21. The number of esters is 2. The van der Waals surface area contributed by atoms with Gasteiger partial charge in [0.05, 0.1) is 27.7 Å². The first-order chi connectivity index (χ1) is 27.0. The summed E-state index contributed by atoms with van der Waals surface area (Å²) < 4.78 is 33.8. The third-order valence-electron chi connectivity index (χ3n) is 9.04. The van der Waals surface area contributed by atoms with Crippen molar-refractivity contribution < 1.29 is 42.1 Å². The molecule has 0 aliphatic rings. The summed E-state index contributed by atoms with van der Waals surface area (Å²) >= 11 is 0. The van der Waals surface area contributed by atoms with E-state index < -0.39 is 32.5 Å². The summed E-state index contributed by atoms with van der Waals surface area (Å²) in [5.41, 5.74) is 0. The highest BCUT2D eigenvalue weighted by atomic mass is 31.2. The van der Waals surface area contributed by atoms with Crippen LogP contribution in [0.25, 0.3) is 0 Å². The van der Waals surface area contributed by atoms with Gasteiger partial charge in [0.2, 0.25) is 0 Å². The first kappa shape index (κ1) is 53.7. The minimum atomic E-state index is -4.64. The molecular formula is C46H82NO8P. The van der Waals surface area contributed by atoms with Crippen LogP contribution in [0.1, 0.15) is 168 Å². The van der Waals surface area contributed by atoms with Crippen molar-refractivity contribution in [1.29, 1.82) is 0 Å². The average molecular weight is 808 g/mol. The van der Waals surface area contributed by atoms with E-state index in [1.165, 1.54) is 83.5 Å². The molecule has 324 valence electrons. The van der Waals surface area contributed by atoms with E-state index in [1.807, 2.05) is 33.3 Å². The Morgan fingerprint density at radius 2 is 1.05 bits per heavy atom. The minimum Gasteiger partial charge on any atom is -0.756 e. The van der Waals surface area contributed by atoms with E-state index in [4.69, 9.17) is 18.5 Å². The fourth-order valence-electron chi connectivity index (χ4n) is 5.60. The lowest BCUT2D eigenvalue weighted by Crippen LogP contribution is -2.37. The van der Waals surface area contributed by atoms with E-state index in [2.05, 4.69) is 62.5 Å². The van der Waals surface area contributed by atoms with Crippen molar-refractivity contribution in [3.05, 3.63) is 60.8 Å². The summed E-state index contributed by atoms with van der Waals surface area (Å²) in [7, 11) is 1.11. The first-order valence-corrected chi connectivity index (χ1v) is 23.5. The fraction of sp³-hybridized carbons (Fsp3) is 0.739. The number of unbranched alkanes of at least 4 members (excludes halogenated alkanes) is 15. The first-order valence-electron chi connectivity index (χ1n) is 22.0. The van der Waals surface area contributed by atoms with Gasteiger partial charge in [-0.25, -0.2) is 0 Å². The fourth-order valence-corrected chi connectivity index (χ4v) is 6.33. The molecule has 2 atom stereocenters. The zero-order valence-electron chi connectivity index (χ0n) is 36.3. The van der Waals surface area contributed by atoms with Crippen LogP contribution in [-0.4, -0.2) is 70.0 Å². The van der Waals surface area contributed by atoms with E-state index in [1.54, 1.807) is 0 Å². The van der Waals surface area contributed by atoms with Crippen LogP contribution in [0.2, 0.25) is 0 Å². The molecule has 0 aliphatic carbocycles. The highest BCUT2D eigenvalue weighted by molar-refractivity contribution is 7.45. The number of carbonyl (C=O) groups is 2. The zero-order chi connectivity index (χ0) is 41.4. The molecule has 0 radical (unpaired) electrons. The summed E-state index contributed by atoms with van der Waals surface area (Å²) in [6.45, 7) is 4.01. The topological polar surface area (TPSA) is 111 Å². The lowest BCUT2D eigenvalue weighted by Gasteiger charge is -2.28. The molecular weight excluding hydrogens is 725 g/mol. The number of allylic oxidation sites excluding steroid dienone is 10. The van der Waals surface area contributed by atoms with Crippen LogP contribution in [0.5, 0.6) is 0 Å². The van der Waals surface area contributed by atoms with E-state index >= 15 is 0 Å². The molecule has 0 heterocycles. The third kappa shape index (κ3) is 41.3. The molecule has 0 bridgehead atoms. The standard InChI is InChI=1S/C46H82NO8P/c1-6-8-10-12-14-16-18-20-21-22-23-24-25-27-28-30-32-34-36-38-45(48)52-42-44(43-54-56(50,51)53-41-40-47(3,4)5)55-46(49)39-37-35-33-31-29-26-19-17-15-13-11-9-7-2/h9,11,15,17,20-21,26,29,33,35,44H,6-8,10,12-14,16,18-19,22-25,27-28,30-32,34,36-43H2,1-5H3/b11-9-,17-15-,21-20-,29-26-,35-33-. The number of carbonyl (C=O) groups excluding carboxylic acids is 2. The van der Waals surface area contributed by atoms with Crippen LogP contribution in [-0.2, 0) is 32.7 Å². The Morgan fingerprint density at radius 1 is 0.571 bits per heavy atom. The van der Waals surface area contributed by atoms with Gasteiger partial charge in [-0.05, 0) is 64.2 Å². The maximum Gasteiger partial charge on any atom is 0.306 e. The lowest BCUT2D eigenvalue weighted by atomic mass is 10.1. The Bertz CT molecular complexity index is 1140. The predicted molar refractivity (Wildman–Crippen MR) is 231 cm³/mol. The summed E-state index contributed by atoms with van der Waals surface area (Å²) in [6.07, 6.45) is 45.6. The van der Waals surface area contributed by atoms with Crippen molar-refractivity contribution in [2.24, 2.45) is 0 Å². The van der Waals surface area contributed by atoms with Crippen molar-refractivity contribution in [1.82, 2.24) is 0 Å². The number of hydrogen-bond acceptors (Lipinski definition) is 8. The number of rotatable bonds is 39. The summed E-state index contributed by atoms with van der Waals surface area (Å²) in [5, 5.41) is 0. The summed E-state index contributed by atoms with van der Waals surface area (Å²) in [5.74, 6) is -0.934. The van der Waals surface area contributed by atoms with E-state index in [-0.39, 0.29) is 26.1 Å². The number of quaternary nitrogens is 1. The number of nitrogens with zero attached hydrogens (tertiary/aromatic N) is 1. The maximum absolute atomic E-state index is 12.6. The number of likely N-dealkylation sites (N-methyl/N-ethyl adjacent to an activating group) is 1. The zero-order valence-corrected chi connectivity index (χ0v) is 37.2. The van der Waals surface area contributed by atoms with Crippen LogP contribution < -0.4 is 4.89 Å². The van der Waals surface area contributed by atoms with E-state index in [0.717, 1.165) is 51.4 Å². The van der Waals surface area contributed by atoms with Crippen LogP contribution in [0.3, 0.4) is 0 Å². The smallest absolute Gasteiger partial charge is 0.306 e. The molecule has 56 heavy (non-hydrogen) atoms. The molecule has 0 aliphatic heterocycles. The SMILES string of the molecule is CC/C=C\C/C=C\C/C=C\C/C=C\CCC(=O)OC(COC(=O)CCCCCCCCCCC/C=C\CCCCCCCC)COP(=O)([O-])OCC[N+](C)(C)C. The van der Waals surface area contributed by atoms with Gasteiger partial charge in [0.15, 0.2) is 6.10 Å². The van der Waals surface area contributed by atoms with Gasteiger partial charge in [-0.3, -0.25) is 14.2 Å². The molecule has 9 nitrogen and oxygen atoms in total. The van der Waals surface area contributed by atoms with E-state index in [0.29, 0.717) is 17.4 Å². The monoisotopic (exact) mass is 808 g/mol. The number of phosphoric ester groups is 1. The maximum atomic E-state index is 12.6. The second-order valence-corrected chi connectivity index (χ2v) is 17.1. The molecule has 0 aromatic heterocycles. The van der Waals surface area contributed by atoms with Crippen LogP contribution in [0.4, 0.5) is 0 Å². The van der Waals surface area contributed by atoms with Crippen molar-refractivity contribution in [2.45, 2.75) is 174 Å². The van der Waals surface area contributed by atoms with Crippen molar-refractivity contribution in [2.75, 3.05) is 47.5 Å². The van der Waals surface area contributed by atoms with E-state index in [9.17, 15) is 19.0 Å². The molecule has 0 amide bonds. The lowest BCUT2D eigenvalue weighted by molar-refractivity contribution is -0.870. The van der Waals surface area contributed by atoms with Gasteiger partial charge in [-0.1, -0.05) is 152 Å². The second kappa shape index (κ2) is 38.2. The Balaban J connectivity index is 4.39. The average Bonchev–Trinajstić information content (AvgIpc) is 3.15. The van der Waals surface area contributed by atoms with Gasteiger partial charge in [-0.2, -0.15) is 0 Å². The normalized spacial score (nSPS) is 14.2. The van der Waals surface area contributed by atoms with Gasteiger partial charge in [-0.15, -0.1) is 0 Å². The Hall–Kier alpha value is -2.29. The van der Waals surface area contributed by atoms with Gasteiger partial charge in [0.25, 0.3) is 7.82 Å². The van der Waals surface area contributed by atoms with Gasteiger partial charge in [0.1, 0.15) is 19.8 Å².